The van der Waals surface area contributed by atoms with Crippen LogP contribution in [0.25, 0.3) is 0 Å². The van der Waals surface area contributed by atoms with Gasteiger partial charge in [0.15, 0.2) is 11.5 Å². The van der Waals surface area contributed by atoms with Gasteiger partial charge in [0.05, 0.1) is 6.07 Å². The van der Waals surface area contributed by atoms with Crippen molar-refractivity contribution in [3.8, 4) is 17.6 Å². The first-order valence-corrected chi connectivity index (χ1v) is 5.09. The van der Waals surface area contributed by atoms with Crippen LogP contribution in [0.5, 0.6) is 11.5 Å². The second kappa shape index (κ2) is 3.60. The number of benzene rings is 1. The molecule has 0 aliphatic carbocycles. The number of ether oxygens (including phenoxy) is 2. The fourth-order valence-electron chi connectivity index (χ4n) is 1.49. The fraction of sp³-hybridized carbons (Fsp3) is 0.417. The Morgan fingerprint density at radius 1 is 1.31 bits per heavy atom. The van der Waals surface area contributed by atoms with Crippen LogP contribution < -0.4 is 14.4 Å². The van der Waals surface area contributed by atoms with E-state index in [2.05, 4.69) is 6.07 Å². The van der Waals surface area contributed by atoms with Crippen molar-refractivity contribution in [1.82, 2.24) is 0 Å². The highest BCUT2D eigenvalue weighted by Crippen LogP contribution is 2.36. The lowest BCUT2D eigenvalue weighted by molar-refractivity contribution is 0.174. The van der Waals surface area contributed by atoms with E-state index in [1.54, 1.807) is 0 Å². The zero-order valence-electron chi connectivity index (χ0n) is 9.65. The standard InChI is InChI=1S/C12H14N2O2/c1-12(2,7-13)14(3)9-4-5-10-11(6-9)16-8-15-10/h4-6H,8H2,1-3H3. The van der Waals surface area contributed by atoms with E-state index in [9.17, 15) is 0 Å². The zero-order chi connectivity index (χ0) is 11.8. The number of hydrogen-bond donors (Lipinski definition) is 0. The molecule has 1 heterocycles. The van der Waals surface area contributed by atoms with Crippen LogP contribution in [0.2, 0.25) is 0 Å². The van der Waals surface area contributed by atoms with Gasteiger partial charge in [-0.1, -0.05) is 0 Å². The Labute approximate surface area is 95.0 Å². The van der Waals surface area contributed by atoms with Gasteiger partial charge in [-0.05, 0) is 26.0 Å². The van der Waals surface area contributed by atoms with E-state index >= 15 is 0 Å². The first-order valence-electron chi connectivity index (χ1n) is 5.09. The summed E-state index contributed by atoms with van der Waals surface area (Å²) in [6.45, 7) is 4.01. The lowest BCUT2D eigenvalue weighted by atomic mass is 10.1. The molecular weight excluding hydrogens is 204 g/mol. The fourth-order valence-corrected chi connectivity index (χ4v) is 1.49. The second-order valence-electron chi connectivity index (χ2n) is 4.27. The van der Waals surface area contributed by atoms with Crippen molar-refractivity contribution in [3.63, 3.8) is 0 Å². The summed E-state index contributed by atoms with van der Waals surface area (Å²) in [5.74, 6) is 1.49. The maximum Gasteiger partial charge on any atom is 0.231 e. The number of nitriles is 1. The highest BCUT2D eigenvalue weighted by atomic mass is 16.7. The van der Waals surface area contributed by atoms with Crippen LogP contribution >= 0.6 is 0 Å². The van der Waals surface area contributed by atoms with Crippen molar-refractivity contribution in [2.45, 2.75) is 19.4 Å². The molecule has 4 heteroatoms. The quantitative estimate of drug-likeness (QED) is 0.763. The molecular formula is C12H14N2O2. The van der Waals surface area contributed by atoms with Crippen molar-refractivity contribution < 1.29 is 9.47 Å². The molecule has 1 aliphatic heterocycles. The van der Waals surface area contributed by atoms with Gasteiger partial charge in [-0.15, -0.1) is 0 Å². The van der Waals surface area contributed by atoms with Crippen molar-refractivity contribution in [1.29, 1.82) is 5.26 Å². The molecule has 0 unspecified atom stereocenters. The monoisotopic (exact) mass is 218 g/mol. The minimum atomic E-state index is -0.548. The molecule has 1 aromatic carbocycles. The zero-order valence-corrected chi connectivity index (χ0v) is 9.65. The van der Waals surface area contributed by atoms with Gasteiger partial charge in [-0.2, -0.15) is 5.26 Å². The van der Waals surface area contributed by atoms with E-state index in [0.29, 0.717) is 0 Å². The molecule has 0 N–H and O–H groups in total. The molecule has 0 fully saturated rings. The smallest absolute Gasteiger partial charge is 0.231 e. The normalized spacial score (nSPS) is 13.4. The molecule has 0 bridgehead atoms. The summed E-state index contributed by atoms with van der Waals surface area (Å²) < 4.78 is 10.5. The number of anilines is 1. The SMILES string of the molecule is CN(c1ccc2c(c1)OCO2)C(C)(C)C#N. The predicted molar refractivity (Wildman–Crippen MR) is 60.7 cm³/mol. The molecule has 0 aromatic heterocycles. The van der Waals surface area contributed by atoms with Crippen LogP contribution in [-0.2, 0) is 0 Å². The van der Waals surface area contributed by atoms with Crippen LogP contribution in [0.15, 0.2) is 18.2 Å². The Hall–Kier alpha value is -1.89. The largest absolute Gasteiger partial charge is 0.454 e. The molecule has 0 amide bonds. The molecule has 1 aliphatic rings. The average molecular weight is 218 g/mol. The summed E-state index contributed by atoms with van der Waals surface area (Å²) >= 11 is 0. The van der Waals surface area contributed by atoms with Gasteiger partial charge in [0, 0.05) is 18.8 Å². The van der Waals surface area contributed by atoms with Gasteiger partial charge < -0.3 is 14.4 Å². The van der Waals surface area contributed by atoms with Crippen LogP contribution in [0, 0.1) is 11.3 Å². The van der Waals surface area contributed by atoms with E-state index in [1.165, 1.54) is 0 Å². The van der Waals surface area contributed by atoms with Crippen molar-refractivity contribution in [3.05, 3.63) is 18.2 Å². The number of nitrogens with zero attached hydrogens (tertiary/aromatic N) is 2. The summed E-state index contributed by atoms with van der Waals surface area (Å²) in [5, 5.41) is 9.07. The number of fused-ring (bicyclic) bond motifs is 1. The predicted octanol–water partition coefficient (Wildman–Crippen LogP) is 2.15. The Morgan fingerprint density at radius 3 is 2.69 bits per heavy atom. The molecule has 1 aromatic rings. The third kappa shape index (κ3) is 1.65. The van der Waals surface area contributed by atoms with Crippen molar-refractivity contribution in [2.75, 3.05) is 18.7 Å². The first-order chi connectivity index (χ1) is 7.54. The number of hydrogen-bond acceptors (Lipinski definition) is 4. The molecule has 2 rings (SSSR count). The van der Waals surface area contributed by atoms with E-state index in [0.717, 1.165) is 17.2 Å². The molecule has 0 radical (unpaired) electrons. The molecule has 0 saturated heterocycles. The summed E-state index contributed by atoms with van der Waals surface area (Å²) in [6.07, 6.45) is 0. The van der Waals surface area contributed by atoms with Gasteiger partial charge in [0.2, 0.25) is 6.79 Å². The summed E-state index contributed by atoms with van der Waals surface area (Å²) in [5.41, 5.74) is 0.393. The van der Waals surface area contributed by atoms with E-state index in [4.69, 9.17) is 14.7 Å². The first kappa shape index (κ1) is 10.6. The van der Waals surface area contributed by atoms with Gasteiger partial charge in [-0.25, -0.2) is 0 Å². The maximum atomic E-state index is 9.07. The molecule has 0 atom stereocenters. The molecule has 0 spiro atoms. The average Bonchev–Trinajstić information content (AvgIpc) is 2.74. The maximum absolute atomic E-state index is 9.07. The van der Waals surface area contributed by atoms with Crippen LogP contribution in [0.1, 0.15) is 13.8 Å². The third-order valence-electron chi connectivity index (χ3n) is 2.86. The highest BCUT2D eigenvalue weighted by Gasteiger charge is 2.24. The van der Waals surface area contributed by atoms with Gasteiger partial charge in [-0.3, -0.25) is 0 Å². The van der Waals surface area contributed by atoms with Crippen LogP contribution in [0.3, 0.4) is 0 Å². The Kier molecular flexibility index (Phi) is 2.39. The van der Waals surface area contributed by atoms with Crippen LogP contribution in [-0.4, -0.2) is 19.4 Å². The van der Waals surface area contributed by atoms with Gasteiger partial charge in [0.1, 0.15) is 5.54 Å². The minimum absolute atomic E-state index is 0.268. The second-order valence-corrected chi connectivity index (χ2v) is 4.27. The van der Waals surface area contributed by atoms with Gasteiger partial charge >= 0.3 is 0 Å². The summed E-state index contributed by atoms with van der Waals surface area (Å²) in [7, 11) is 1.89. The highest BCUT2D eigenvalue weighted by molar-refractivity contribution is 5.58. The van der Waals surface area contributed by atoms with Crippen molar-refractivity contribution >= 4 is 5.69 Å². The van der Waals surface area contributed by atoms with E-state index < -0.39 is 5.54 Å². The Balaban J connectivity index is 2.32. The number of rotatable bonds is 2. The lowest BCUT2D eigenvalue weighted by Gasteiger charge is -2.31. The summed E-state index contributed by atoms with van der Waals surface area (Å²) in [4.78, 5) is 1.91. The topological polar surface area (TPSA) is 45.5 Å². The van der Waals surface area contributed by atoms with Crippen molar-refractivity contribution in [2.24, 2.45) is 0 Å². The molecule has 0 saturated carbocycles. The third-order valence-corrected chi connectivity index (χ3v) is 2.86. The van der Waals surface area contributed by atoms with E-state index in [-0.39, 0.29) is 6.79 Å². The molecule has 84 valence electrons. The van der Waals surface area contributed by atoms with Crippen LogP contribution in [0.4, 0.5) is 5.69 Å². The lowest BCUT2D eigenvalue weighted by Crippen LogP contribution is -2.39. The Bertz CT molecular complexity index is 449. The van der Waals surface area contributed by atoms with E-state index in [1.807, 2.05) is 44.0 Å². The molecule has 16 heavy (non-hydrogen) atoms. The summed E-state index contributed by atoms with van der Waals surface area (Å²) in [6, 6.07) is 7.94. The molecule has 4 nitrogen and oxygen atoms in total. The Morgan fingerprint density at radius 2 is 2.00 bits per heavy atom. The van der Waals surface area contributed by atoms with Gasteiger partial charge in [0.25, 0.3) is 0 Å². The minimum Gasteiger partial charge on any atom is -0.454 e.